The van der Waals surface area contributed by atoms with Crippen LogP contribution in [0.4, 0.5) is 0 Å². The molecule has 1 atom stereocenters. The molecule has 0 saturated carbocycles. The van der Waals surface area contributed by atoms with Gasteiger partial charge in [0.15, 0.2) is 39.3 Å². The predicted octanol–water partition coefficient (Wildman–Crippen LogP) is 4.91. The lowest BCUT2D eigenvalue weighted by Gasteiger charge is -2.25. The summed E-state index contributed by atoms with van der Waals surface area (Å²) in [7, 11) is 1.56. The molecule has 0 aliphatic carbocycles. The number of aromatic nitrogens is 1. The van der Waals surface area contributed by atoms with Crippen LogP contribution >= 0.6 is 11.3 Å². The second-order valence-corrected chi connectivity index (χ2v) is 11.8. The van der Waals surface area contributed by atoms with Crippen molar-refractivity contribution < 1.29 is 38.0 Å². The second-order valence-electron chi connectivity index (χ2n) is 10.8. The average molecular weight is 673 g/mol. The largest absolute Gasteiger partial charge is 0.493 e. The number of methoxy groups -OCH3 is 1. The van der Waals surface area contributed by atoms with Gasteiger partial charge in [0.05, 0.1) is 48.8 Å². The molecule has 12 heteroatoms. The van der Waals surface area contributed by atoms with Crippen LogP contribution in [0.25, 0.3) is 6.08 Å². The zero-order valence-electron chi connectivity index (χ0n) is 27.4. The van der Waals surface area contributed by atoms with E-state index >= 15 is 0 Å². The molecule has 0 unspecified atom stereocenters. The van der Waals surface area contributed by atoms with Gasteiger partial charge in [-0.1, -0.05) is 29.5 Å². The number of fused-ring (bicyclic) bond motifs is 2. The fourth-order valence-electron chi connectivity index (χ4n) is 5.58. The lowest BCUT2D eigenvalue weighted by atomic mass is 9.95. The highest BCUT2D eigenvalue weighted by Gasteiger charge is 2.34. The molecule has 0 spiro atoms. The molecule has 0 fully saturated rings. The smallest absolute Gasteiger partial charge is 0.338 e. The van der Waals surface area contributed by atoms with Crippen molar-refractivity contribution in [2.75, 3.05) is 33.7 Å². The first-order valence-electron chi connectivity index (χ1n) is 15.6. The van der Waals surface area contributed by atoms with Crippen molar-refractivity contribution in [1.82, 2.24) is 4.57 Å². The topological polar surface area (TPSA) is 116 Å². The van der Waals surface area contributed by atoms with Gasteiger partial charge in [0.2, 0.25) is 6.79 Å². The van der Waals surface area contributed by atoms with Crippen molar-refractivity contribution in [2.45, 2.75) is 40.3 Å². The van der Waals surface area contributed by atoms with Crippen molar-refractivity contribution in [2.24, 2.45) is 4.99 Å². The number of allylic oxidation sites excluding steroid dienone is 1. The van der Waals surface area contributed by atoms with E-state index < -0.39 is 12.0 Å². The quantitative estimate of drug-likeness (QED) is 0.194. The number of carbonyl (C=O) groups excluding carboxylic acids is 1. The number of ether oxygens (including phenoxy) is 7. The minimum absolute atomic E-state index is 0.179. The molecule has 3 aromatic carbocycles. The number of hydrogen-bond donors (Lipinski definition) is 0. The van der Waals surface area contributed by atoms with E-state index in [1.807, 2.05) is 44.2 Å². The van der Waals surface area contributed by atoms with Gasteiger partial charge in [0.25, 0.3) is 5.56 Å². The van der Waals surface area contributed by atoms with Gasteiger partial charge in [-0.25, -0.2) is 9.79 Å². The molecule has 2 aliphatic rings. The van der Waals surface area contributed by atoms with Crippen LogP contribution in [-0.4, -0.2) is 44.3 Å². The molecule has 0 radical (unpaired) electrons. The normalized spacial score (nSPS) is 15.1. The lowest BCUT2D eigenvalue weighted by molar-refractivity contribution is -0.139. The Balaban J connectivity index is 1.37. The predicted molar refractivity (Wildman–Crippen MR) is 179 cm³/mol. The molecule has 4 aromatic rings. The van der Waals surface area contributed by atoms with Crippen LogP contribution in [0.5, 0.6) is 34.5 Å². The standard InChI is InChI=1S/C36H36N2O9S/c1-6-42-26-14-11-24(18-30(26)43-7-2)33-32(35(40)44-8-3)21(4)37-36-38(33)34(39)31(48-36)17-22-9-12-25(28(15-22)41-5)45-19-23-10-13-27-29(16-23)47-20-46-27/h9-18,33H,6-8,19-20H2,1-5H3/b31-17-/t33-/m0/s1. The fraction of sp³-hybridized carbons (Fsp3) is 0.306. The molecule has 6 rings (SSSR count). The van der Waals surface area contributed by atoms with Crippen molar-refractivity contribution in [3.05, 3.63) is 102 Å². The number of esters is 1. The van der Waals surface area contributed by atoms with Crippen LogP contribution in [0.1, 0.15) is 50.4 Å². The molecular formula is C36H36N2O9S. The Bertz CT molecular complexity index is 2060. The van der Waals surface area contributed by atoms with Crippen LogP contribution in [0.15, 0.2) is 75.7 Å². The van der Waals surface area contributed by atoms with Crippen LogP contribution < -0.4 is 43.3 Å². The molecule has 2 aliphatic heterocycles. The summed E-state index contributed by atoms with van der Waals surface area (Å²) in [4.78, 5) is 32.6. The summed E-state index contributed by atoms with van der Waals surface area (Å²) >= 11 is 1.24. The third kappa shape index (κ3) is 6.48. The van der Waals surface area contributed by atoms with E-state index in [9.17, 15) is 9.59 Å². The summed E-state index contributed by atoms with van der Waals surface area (Å²) in [6.07, 6.45) is 1.78. The number of rotatable bonds is 12. The zero-order valence-corrected chi connectivity index (χ0v) is 28.2. The Hall–Kier alpha value is -5.23. The SMILES string of the molecule is CCOC(=O)C1=C(C)N=c2s/c(=C\c3ccc(OCc4ccc5c(c4)OCO5)c(OC)c3)c(=O)n2[C@H]1c1ccc(OCC)c(OCC)c1. The van der Waals surface area contributed by atoms with Gasteiger partial charge < -0.3 is 33.2 Å². The molecule has 11 nitrogen and oxygen atoms in total. The number of carbonyl (C=O) groups is 1. The van der Waals surface area contributed by atoms with E-state index in [1.54, 1.807) is 55.9 Å². The van der Waals surface area contributed by atoms with E-state index in [0.29, 0.717) is 74.9 Å². The minimum atomic E-state index is -0.793. The Morgan fingerprint density at radius 2 is 1.67 bits per heavy atom. The Labute approximate surface area is 281 Å². The van der Waals surface area contributed by atoms with E-state index in [1.165, 1.54) is 11.3 Å². The highest BCUT2D eigenvalue weighted by molar-refractivity contribution is 7.07. The van der Waals surface area contributed by atoms with Gasteiger partial charge >= 0.3 is 5.97 Å². The number of thiazole rings is 1. The first-order chi connectivity index (χ1) is 23.3. The van der Waals surface area contributed by atoms with E-state index in [2.05, 4.69) is 4.99 Å². The molecule has 250 valence electrons. The molecule has 1 aromatic heterocycles. The summed E-state index contributed by atoms with van der Waals surface area (Å²) in [6, 6.07) is 15.8. The van der Waals surface area contributed by atoms with Crippen molar-refractivity contribution in [1.29, 1.82) is 0 Å². The molecule has 0 N–H and O–H groups in total. The second kappa shape index (κ2) is 14.3. The Morgan fingerprint density at radius 1 is 0.917 bits per heavy atom. The van der Waals surface area contributed by atoms with Crippen LogP contribution in [0.2, 0.25) is 0 Å². The third-order valence-corrected chi connectivity index (χ3v) is 8.70. The van der Waals surface area contributed by atoms with E-state index in [0.717, 1.165) is 11.1 Å². The fourth-order valence-corrected chi connectivity index (χ4v) is 6.63. The number of benzene rings is 3. The average Bonchev–Trinajstić information content (AvgIpc) is 3.67. The summed E-state index contributed by atoms with van der Waals surface area (Å²) in [5, 5.41) is 0. The van der Waals surface area contributed by atoms with Gasteiger partial charge in [-0.3, -0.25) is 9.36 Å². The first kappa shape index (κ1) is 32.7. The Kier molecular flexibility index (Phi) is 9.72. The third-order valence-electron chi connectivity index (χ3n) is 7.72. The van der Waals surface area contributed by atoms with Gasteiger partial charge in [-0.2, -0.15) is 0 Å². The highest BCUT2D eigenvalue weighted by atomic mass is 32.1. The summed E-state index contributed by atoms with van der Waals surface area (Å²) < 4.78 is 41.6. The number of nitrogens with zero attached hydrogens (tertiary/aromatic N) is 2. The van der Waals surface area contributed by atoms with Crippen LogP contribution in [0.3, 0.4) is 0 Å². The summed E-state index contributed by atoms with van der Waals surface area (Å²) in [5.41, 5.74) is 2.77. The van der Waals surface area contributed by atoms with Gasteiger partial charge in [-0.15, -0.1) is 0 Å². The monoisotopic (exact) mass is 672 g/mol. The Morgan fingerprint density at radius 3 is 2.44 bits per heavy atom. The zero-order chi connectivity index (χ0) is 33.8. The lowest BCUT2D eigenvalue weighted by Crippen LogP contribution is -2.40. The van der Waals surface area contributed by atoms with Crippen molar-refractivity contribution in [3.8, 4) is 34.5 Å². The minimum Gasteiger partial charge on any atom is -0.493 e. The highest BCUT2D eigenvalue weighted by Crippen LogP contribution is 2.37. The summed E-state index contributed by atoms with van der Waals surface area (Å²) in [6.45, 7) is 8.82. The van der Waals surface area contributed by atoms with E-state index in [-0.39, 0.29) is 24.5 Å². The van der Waals surface area contributed by atoms with Gasteiger partial charge in [0.1, 0.15) is 6.61 Å². The first-order valence-corrected chi connectivity index (χ1v) is 16.4. The van der Waals surface area contributed by atoms with Crippen LogP contribution in [0, 0.1) is 0 Å². The van der Waals surface area contributed by atoms with Gasteiger partial charge in [0, 0.05) is 0 Å². The molecular weight excluding hydrogens is 636 g/mol. The van der Waals surface area contributed by atoms with Crippen molar-refractivity contribution >= 4 is 23.4 Å². The maximum Gasteiger partial charge on any atom is 0.338 e. The van der Waals surface area contributed by atoms with Crippen LogP contribution in [-0.2, 0) is 16.1 Å². The van der Waals surface area contributed by atoms with Crippen molar-refractivity contribution in [3.63, 3.8) is 0 Å². The summed E-state index contributed by atoms with van der Waals surface area (Å²) in [5.74, 6) is 3.00. The van der Waals surface area contributed by atoms with Gasteiger partial charge in [-0.05, 0) is 86.9 Å². The van der Waals surface area contributed by atoms with E-state index in [4.69, 9.17) is 33.2 Å². The maximum atomic E-state index is 14.2. The molecule has 3 heterocycles. The molecule has 0 amide bonds. The maximum absolute atomic E-state index is 14.2. The molecule has 48 heavy (non-hydrogen) atoms. The number of hydrogen-bond acceptors (Lipinski definition) is 11. The molecule has 0 saturated heterocycles. The molecule has 0 bridgehead atoms.